The van der Waals surface area contributed by atoms with Gasteiger partial charge in [0.25, 0.3) is 0 Å². The van der Waals surface area contributed by atoms with Gasteiger partial charge in [-0.15, -0.1) is 0 Å². The highest BCUT2D eigenvalue weighted by atomic mass is 32.2. The van der Waals surface area contributed by atoms with Crippen LogP contribution in [0.15, 0.2) is 41.3 Å². The van der Waals surface area contributed by atoms with Gasteiger partial charge in [-0.1, -0.05) is 12.1 Å². The number of ether oxygens (including phenoxy) is 1. The fourth-order valence-electron chi connectivity index (χ4n) is 3.16. The van der Waals surface area contributed by atoms with E-state index in [0.717, 1.165) is 21.1 Å². The Morgan fingerprint density at radius 3 is 2.36 bits per heavy atom. The third-order valence-corrected chi connectivity index (χ3v) is 6.57. The summed E-state index contributed by atoms with van der Waals surface area (Å²) in [5, 5.41) is 11.2. The lowest BCUT2D eigenvalue weighted by molar-refractivity contribution is 0.0598. The number of benzene rings is 2. The van der Waals surface area contributed by atoms with Crippen molar-refractivity contribution >= 4 is 26.9 Å². The van der Waals surface area contributed by atoms with Crippen LogP contribution in [0, 0.1) is 6.92 Å². The Balaban J connectivity index is 2.03. The number of methoxy groups -OCH3 is 1. The summed E-state index contributed by atoms with van der Waals surface area (Å²) in [6, 6.07) is 9.86. The van der Waals surface area contributed by atoms with Gasteiger partial charge in [0.1, 0.15) is 11.3 Å². The van der Waals surface area contributed by atoms with Gasteiger partial charge in [0, 0.05) is 30.7 Å². The Morgan fingerprint density at radius 1 is 1.14 bits per heavy atom. The minimum absolute atomic E-state index is 0.0997. The molecule has 28 heavy (non-hydrogen) atoms. The zero-order chi connectivity index (χ0) is 20.6. The molecule has 148 valence electrons. The Bertz CT molecular complexity index is 1150. The van der Waals surface area contributed by atoms with E-state index in [1.807, 2.05) is 6.92 Å². The molecule has 2 N–H and O–H groups in total. The number of sulfonamides is 1. The highest BCUT2D eigenvalue weighted by molar-refractivity contribution is 7.89. The predicted molar refractivity (Wildman–Crippen MR) is 106 cm³/mol. The molecular weight excluding hydrogens is 380 g/mol. The van der Waals surface area contributed by atoms with E-state index in [0.29, 0.717) is 17.3 Å². The molecule has 3 aromatic rings. The number of nitrogens with one attached hydrogen (secondary N) is 1. The summed E-state index contributed by atoms with van der Waals surface area (Å²) in [6.45, 7) is 1.89. The number of esters is 1. The average Bonchev–Trinajstić information content (AvgIpc) is 2.98. The third kappa shape index (κ3) is 3.36. The molecule has 0 saturated carbocycles. The summed E-state index contributed by atoms with van der Waals surface area (Å²) < 4.78 is 30.3. The minimum Gasteiger partial charge on any atom is -0.506 e. The first kappa shape index (κ1) is 19.9. The van der Waals surface area contributed by atoms with Crippen LogP contribution < -0.4 is 0 Å². The van der Waals surface area contributed by atoms with Crippen molar-refractivity contribution in [3.8, 4) is 5.75 Å². The van der Waals surface area contributed by atoms with Crippen molar-refractivity contribution < 1.29 is 23.1 Å². The number of phenols is 1. The summed E-state index contributed by atoms with van der Waals surface area (Å²) in [6.07, 6.45) is 0.465. The van der Waals surface area contributed by atoms with Crippen molar-refractivity contribution in [3.63, 3.8) is 0 Å². The maximum Gasteiger partial charge on any atom is 0.341 e. The van der Waals surface area contributed by atoms with E-state index in [1.54, 1.807) is 30.3 Å². The maximum atomic E-state index is 12.2. The minimum atomic E-state index is -3.49. The molecule has 0 unspecified atom stereocenters. The smallest absolute Gasteiger partial charge is 0.341 e. The molecule has 0 saturated heterocycles. The number of nitrogens with zero attached hydrogens (tertiary/aromatic N) is 1. The van der Waals surface area contributed by atoms with Crippen LogP contribution in [0.4, 0.5) is 0 Å². The van der Waals surface area contributed by atoms with Crippen LogP contribution in [0.25, 0.3) is 10.9 Å². The molecule has 0 fully saturated rings. The molecule has 0 radical (unpaired) electrons. The zero-order valence-corrected chi connectivity index (χ0v) is 16.9. The molecule has 0 aliphatic heterocycles. The van der Waals surface area contributed by atoms with Crippen LogP contribution >= 0.6 is 0 Å². The van der Waals surface area contributed by atoms with Crippen LogP contribution in [0.5, 0.6) is 5.75 Å². The monoisotopic (exact) mass is 402 g/mol. The Morgan fingerprint density at radius 2 is 1.79 bits per heavy atom. The normalized spacial score (nSPS) is 11.9. The second-order valence-electron chi connectivity index (χ2n) is 6.71. The molecule has 0 atom stereocenters. The van der Waals surface area contributed by atoms with Gasteiger partial charge in [-0.25, -0.2) is 17.5 Å². The van der Waals surface area contributed by atoms with Crippen LogP contribution in [-0.2, 0) is 21.2 Å². The number of aryl methyl sites for hydroxylation is 1. The molecule has 0 amide bonds. The van der Waals surface area contributed by atoms with E-state index in [9.17, 15) is 18.3 Å². The van der Waals surface area contributed by atoms with Gasteiger partial charge in [-0.05, 0) is 48.7 Å². The summed E-state index contributed by atoms with van der Waals surface area (Å²) in [5.74, 6) is -0.738. The molecule has 0 spiro atoms. The van der Waals surface area contributed by atoms with Crippen LogP contribution in [-0.4, -0.2) is 50.0 Å². The molecule has 1 heterocycles. The molecule has 0 aliphatic rings. The largest absolute Gasteiger partial charge is 0.506 e. The maximum absolute atomic E-state index is 12.2. The number of H-pyrrole nitrogens is 1. The highest BCUT2D eigenvalue weighted by Gasteiger charge is 2.20. The van der Waals surface area contributed by atoms with Gasteiger partial charge >= 0.3 is 5.97 Å². The van der Waals surface area contributed by atoms with E-state index in [-0.39, 0.29) is 16.2 Å². The van der Waals surface area contributed by atoms with E-state index in [2.05, 4.69) is 4.98 Å². The number of hydrogen-bond acceptors (Lipinski definition) is 5. The first-order chi connectivity index (χ1) is 13.2. The van der Waals surface area contributed by atoms with Crippen LogP contribution in [0.1, 0.15) is 27.2 Å². The fraction of sp³-hybridized carbons (Fsp3) is 0.250. The van der Waals surface area contributed by atoms with Gasteiger partial charge in [0.05, 0.1) is 12.0 Å². The van der Waals surface area contributed by atoms with Gasteiger partial charge in [0.15, 0.2) is 0 Å². The number of carbonyl (C=O) groups excluding carboxylic acids is 1. The first-order valence-corrected chi connectivity index (χ1v) is 10.0. The SMILES string of the molecule is COC(=O)c1ccc2[nH]c(C)c(Cc3ccc(S(=O)(=O)N(C)C)cc3)c2c1O. The Kier molecular flexibility index (Phi) is 5.18. The molecular formula is C20H22N2O5S. The first-order valence-electron chi connectivity index (χ1n) is 8.59. The average molecular weight is 402 g/mol. The number of carbonyl (C=O) groups is 1. The summed E-state index contributed by atoms with van der Waals surface area (Å²) in [7, 11) is 0.748. The van der Waals surface area contributed by atoms with E-state index in [4.69, 9.17) is 4.74 Å². The van der Waals surface area contributed by atoms with Gasteiger partial charge in [-0.2, -0.15) is 0 Å². The lowest BCUT2D eigenvalue weighted by Gasteiger charge is -2.12. The Labute approximate surface area is 163 Å². The number of rotatable bonds is 5. The fourth-order valence-corrected chi connectivity index (χ4v) is 4.06. The van der Waals surface area contributed by atoms with Crippen LogP contribution in [0.2, 0.25) is 0 Å². The van der Waals surface area contributed by atoms with Crippen molar-refractivity contribution in [2.75, 3.05) is 21.2 Å². The van der Waals surface area contributed by atoms with Crippen molar-refractivity contribution in [2.24, 2.45) is 0 Å². The molecule has 1 aromatic heterocycles. The topological polar surface area (TPSA) is 99.7 Å². The summed E-state index contributed by atoms with van der Waals surface area (Å²) in [5.41, 5.74) is 3.38. The molecule has 3 rings (SSSR count). The summed E-state index contributed by atoms with van der Waals surface area (Å²) in [4.78, 5) is 15.3. The van der Waals surface area contributed by atoms with Crippen molar-refractivity contribution in [1.82, 2.24) is 9.29 Å². The number of aromatic nitrogens is 1. The number of aromatic amines is 1. The standard InChI is InChI=1S/C20H22N2O5S/c1-12-16(11-13-5-7-14(8-6-13)28(25,26)22(2)3)18-17(21-12)10-9-15(19(18)23)20(24)27-4/h5-10,21,23H,11H2,1-4H3. The van der Waals surface area contributed by atoms with Gasteiger partial charge < -0.3 is 14.8 Å². The zero-order valence-electron chi connectivity index (χ0n) is 16.1. The van der Waals surface area contributed by atoms with Gasteiger partial charge in [-0.3, -0.25) is 0 Å². The number of phenolic OH excluding ortho intramolecular Hbond substituents is 1. The lowest BCUT2D eigenvalue weighted by atomic mass is 10.00. The van der Waals surface area contributed by atoms with Crippen molar-refractivity contribution in [2.45, 2.75) is 18.2 Å². The lowest BCUT2D eigenvalue weighted by Crippen LogP contribution is -2.22. The van der Waals surface area contributed by atoms with E-state index in [1.165, 1.54) is 27.3 Å². The molecule has 8 heteroatoms. The molecule has 7 nitrogen and oxygen atoms in total. The van der Waals surface area contributed by atoms with Crippen LogP contribution in [0.3, 0.4) is 0 Å². The second kappa shape index (κ2) is 7.29. The number of aromatic hydroxyl groups is 1. The quantitative estimate of drug-likeness (QED) is 0.639. The molecule has 0 aliphatic carbocycles. The third-order valence-electron chi connectivity index (χ3n) is 4.74. The summed E-state index contributed by atoms with van der Waals surface area (Å²) >= 11 is 0. The highest BCUT2D eigenvalue weighted by Crippen LogP contribution is 2.35. The number of hydrogen-bond donors (Lipinski definition) is 2. The number of fused-ring (bicyclic) bond motifs is 1. The second-order valence-corrected chi connectivity index (χ2v) is 8.86. The van der Waals surface area contributed by atoms with Crippen molar-refractivity contribution in [1.29, 1.82) is 0 Å². The molecule has 2 aromatic carbocycles. The molecule has 0 bridgehead atoms. The van der Waals surface area contributed by atoms with E-state index < -0.39 is 16.0 Å². The Hall–Kier alpha value is -2.84. The van der Waals surface area contributed by atoms with Crippen molar-refractivity contribution in [3.05, 3.63) is 58.8 Å². The van der Waals surface area contributed by atoms with Gasteiger partial charge in [0.2, 0.25) is 10.0 Å². The predicted octanol–water partition coefficient (Wildman–Crippen LogP) is 2.81. The van der Waals surface area contributed by atoms with E-state index >= 15 is 0 Å².